The molecule has 1 aromatic carbocycles. The van der Waals surface area contributed by atoms with Crippen molar-refractivity contribution in [3.05, 3.63) is 70.4 Å². The van der Waals surface area contributed by atoms with Crippen LogP contribution in [0.1, 0.15) is 53.2 Å². The predicted octanol–water partition coefficient (Wildman–Crippen LogP) is 5.08. The molecule has 3 atom stereocenters. The number of rotatable bonds is 6. The van der Waals surface area contributed by atoms with Gasteiger partial charge in [-0.15, -0.1) is 0 Å². The third-order valence-electron chi connectivity index (χ3n) is 7.94. The number of morpholine rings is 1. The van der Waals surface area contributed by atoms with E-state index >= 15 is 0 Å². The Bertz CT molecular complexity index is 1530. The molecule has 5 rings (SSSR count). The number of alkyl halides is 6. The molecule has 1 saturated heterocycles. The lowest BCUT2D eigenvalue weighted by molar-refractivity contribution is -0.143. The van der Waals surface area contributed by atoms with E-state index in [-0.39, 0.29) is 40.4 Å². The van der Waals surface area contributed by atoms with Gasteiger partial charge in [0, 0.05) is 31.6 Å². The number of hydrogen-bond acceptors (Lipinski definition) is 8. The lowest BCUT2D eigenvalue weighted by atomic mass is 9.83. The Labute approximate surface area is 253 Å². The Kier molecular flexibility index (Phi) is 8.81. The minimum absolute atomic E-state index is 0.0773. The van der Waals surface area contributed by atoms with Crippen LogP contribution in [0.5, 0.6) is 5.88 Å². The van der Waals surface area contributed by atoms with Crippen LogP contribution in [0.3, 0.4) is 0 Å². The fourth-order valence-electron chi connectivity index (χ4n) is 5.83. The molecule has 2 aliphatic heterocycles. The largest absolute Gasteiger partial charge is 0.481 e. The zero-order valence-corrected chi connectivity index (χ0v) is 24.2. The minimum atomic E-state index is -5.02. The molecule has 2 aromatic heterocycles. The number of amides is 1. The molecule has 45 heavy (non-hydrogen) atoms. The number of ether oxygens (including phenoxy) is 2. The lowest BCUT2D eigenvalue weighted by Gasteiger charge is -2.42. The predicted molar refractivity (Wildman–Crippen MR) is 150 cm³/mol. The summed E-state index contributed by atoms with van der Waals surface area (Å²) in [6, 6.07) is 2.81. The highest BCUT2D eigenvalue weighted by Gasteiger charge is 2.45. The second-order valence-electron chi connectivity index (χ2n) is 10.7. The van der Waals surface area contributed by atoms with Gasteiger partial charge in [-0.2, -0.15) is 26.3 Å². The van der Waals surface area contributed by atoms with Gasteiger partial charge in [0.05, 0.1) is 72.4 Å². The number of methoxy groups -OCH3 is 1. The van der Waals surface area contributed by atoms with Crippen LogP contribution in [0.15, 0.2) is 36.5 Å². The summed E-state index contributed by atoms with van der Waals surface area (Å²) in [6.45, 7) is 3.23. The van der Waals surface area contributed by atoms with Gasteiger partial charge in [-0.1, -0.05) is 6.92 Å². The van der Waals surface area contributed by atoms with E-state index < -0.39 is 54.0 Å². The molecule has 3 N–H and O–H groups in total. The second-order valence-corrected chi connectivity index (χ2v) is 10.7. The zero-order chi connectivity index (χ0) is 32.7. The first-order valence-electron chi connectivity index (χ1n) is 14.0. The van der Waals surface area contributed by atoms with Crippen LogP contribution in [0.25, 0.3) is 0 Å². The number of nitrogens with two attached hydrogens (primary N) is 1. The Morgan fingerprint density at radius 2 is 1.69 bits per heavy atom. The monoisotopic (exact) mass is 640 g/mol. The SMILES string of the molecule is CCC1C(N)C(c2ncc(N3CCOCC3)c(Cc3cc(C(F)(F)F)cc(C(F)(F)F)c3)n2)c2nc(OC)ccc2N1C(=O)O. The first-order valence-corrected chi connectivity index (χ1v) is 14.0. The van der Waals surface area contributed by atoms with Crippen molar-refractivity contribution in [1.82, 2.24) is 15.0 Å². The van der Waals surface area contributed by atoms with E-state index in [2.05, 4.69) is 9.97 Å². The maximum Gasteiger partial charge on any atom is 0.416 e. The van der Waals surface area contributed by atoms with Gasteiger partial charge in [0.2, 0.25) is 5.88 Å². The first kappa shape index (κ1) is 32.2. The smallest absolute Gasteiger partial charge is 0.416 e. The van der Waals surface area contributed by atoms with Gasteiger partial charge in [-0.3, -0.25) is 4.90 Å². The average molecular weight is 641 g/mol. The Morgan fingerprint density at radius 3 is 2.24 bits per heavy atom. The number of benzene rings is 1. The van der Waals surface area contributed by atoms with Crippen LogP contribution in [-0.4, -0.2) is 71.6 Å². The molecular weight excluding hydrogens is 610 g/mol. The van der Waals surface area contributed by atoms with Gasteiger partial charge in [0.1, 0.15) is 5.82 Å². The molecular formula is C29H30F6N6O4. The van der Waals surface area contributed by atoms with E-state index in [4.69, 9.17) is 20.2 Å². The second kappa shape index (κ2) is 12.3. The highest BCUT2D eigenvalue weighted by Crippen LogP contribution is 2.42. The molecule has 3 unspecified atom stereocenters. The molecule has 0 spiro atoms. The summed E-state index contributed by atoms with van der Waals surface area (Å²) in [4.78, 5) is 29.0. The summed E-state index contributed by atoms with van der Waals surface area (Å²) in [5.41, 5.74) is 4.57. The van der Waals surface area contributed by atoms with Gasteiger partial charge < -0.3 is 25.2 Å². The maximum atomic E-state index is 13.7. The average Bonchev–Trinajstić information content (AvgIpc) is 2.99. The molecule has 1 fully saturated rings. The number of carboxylic acid groups (broad SMARTS) is 1. The van der Waals surface area contributed by atoms with Gasteiger partial charge >= 0.3 is 18.4 Å². The summed E-state index contributed by atoms with van der Waals surface area (Å²) in [5.74, 6) is -0.636. The Hall–Kier alpha value is -4.18. The molecule has 2 aliphatic rings. The molecule has 0 aliphatic carbocycles. The van der Waals surface area contributed by atoms with Crippen molar-refractivity contribution >= 4 is 17.5 Å². The first-order chi connectivity index (χ1) is 21.2. The van der Waals surface area contributed by atoms with Crippen molar-refractivity contribution in [2.24, 2.45) is 5.73 Å². The van der Waals surface area contributed by atoms with Crippen LogP contribution in [0.2, 0.25) is 0 Å². The van der Waals surface area contributed by atoms with E-state index in [0.29, 0.717) is 50.5 Å². The third kappa shape index (κ3) is 6.47. The lowest BCUT2D eigenvalue weighted by Crippen LogP contribution is -2.56. The molecule has 4 heterocycles. The molecule has 16 heteroatoms. The molecule has 0 bridgehead atoms. The number of carbonyl (C=O) groups is 1. The highest BCUT2D eigenvalue weighted by molar-refractivity contribution is 5.89. The number of halogens is 6. The molecule has 0 radical (unpaired) electrons. The van der Waals surface area contributed by atoms with Gasteiger partial charge in [0.15, 0.2) is 0 Å². The Morgan fingerprint density at radius 1 is 1.04 bits per heavy atom. The topological polar surface area (TPSA) is 127 Å². The maximum absolute atomic E-state index is 13.7. The highest BCUT2D eigenvalue weighted by atomic mass is 19.4. The number of pyridine rings is 1. The third-order valence-corrected chi connectivity index (χ3v) is 7.94. The van der Waals surface area contributed by atoms with Crippen LogP contribution < -0.4 is 20.3 Å². The Balaban J connectivity index is 1.68. The van der Waals surface area contributed by atoms with E-state index in [1.165, 1.54) is 25.4 Å². The zero-order valence-electron chi connectivity index (χ0n) is 24.2. The quantitative estimate of drug-likeness (QED) is 0.355. The summed E-state index contributed by atoms with van der Waals surface area (Å²) >= 11 is 0. The van der Waals surface area contributed by atoms with Crippen molar-refractivity contribution in [3.8, 4) is 5.88 Å². The minimum Gasteiger partial charge on any atom is -0.481 e. The van der Waals surface area contributed by atoms with Gasteiger partial charge in [-0.05, 0) is 36.2 Å². The molecule has 10 nitrogen and oxygen atoms in total. The number of aromatic nitrogens is 3. The number of nitrogens with zero attached hydrogens (tertiary/aromatic N) is 5. The van der Waals surface area contributed by atoms with Crippen molar-refractivity contribution in [2.75, 3.05) is 43.2 Å². The number of fused-ring (bicyclic) bond motifs is 1. The fourth-order valence-corrected chi connectivity index (χ4v) is 5.83. The normalized spacial score (nSPS) is 20.6. The van der Waals surface area contributed by atoms with Crippen LogP contribution in [0.4, 0.5) is 42.5 Å². The van der Waals surface area contributed by atoms with E-state index in [0.717, 1.165) is 4.90 Å². The van der Waals surface area contributed by atoms with Crippen molar-refractivity contribution in [3.63, 3.8) is 0 Å². The van der Waals surface area contributed by atoms with Crippen LogP contribution >= 0.6 is 0 Å². The summed E-state index contributed by atoms with van der Waals surface area (Å²) in [5, 5.41) is 10.0. The molecule has 3 aromatic rings. The van der Waals surface area contributed by atoms with E-state index in [1.807, 2.05) is 4.90 Å². The van der Waals surface area contributed by atoms with Crippen molar-refractivity contribution in [1.29, 1.82) is 0 Å². The van der Waals surface area contributed by atoms with Crippen molar-refractivity contribution in [2.45, 2.75) is 50.1 Å². The van der Waals surface area contributed by atoms with E-state index in [1.54, 1.807) is 6.92 Å². The van der Waals surface area contributed by atoms with Gasteiger partial charge in [0.25, 0.3) is 0 Å². The molecule has 242 valence electrons. The van der Waals surface area contributed by atoms with Crippen LogP contribution in [0, 0.1) is 0 Å². The molecule has 0 saturated carbocycles. The fraction of sp³-hybridized carbons (Fsp3) is 0.448. The van der Waals surface area contributed by atoms with E-state index in [9.17, 15) is 36.2 Å². The summed E-state index contributed by atoms with van der Waals surface area (Å²) in [7, 11) is 1.38. The standard InChI is InChI=1S/C29H30F6N6O4/c1-3-19-24(36)23(25-20(41(19)27(42)43)4-5-22(39-25)44-2)26-37-14-21(40-6-8-45-9-7-40)18(38-26)12-15-10-16(28(30,31)32)13-17(11-15)29(33,34)35/h4-5,10-11,13-14,19,23-24H,3,6-9,12,36H2,1-2H3,(H,42,43). The number of hydrogen-bond donors (Lipinski definition) is 2. The molecule has 1 amide bonds. The van der Waals surface area contributed by atoms with Crippen molar-refractivity contribution < 1.29 is 45.7 Å². The van der Waals surface area contributed by atoms with Gasteiger partial charge in [-0.25, -0.2) is 19.7 Å². The number of anilines is 2. The van der Waals surface area contributed by atoms with Crippen LogP contribution in [-0.2, 0) is 23.5 Å². The summed E-state index contributed by atoms with van der Waals surface area (Å²) < 4.78 is 92.7. The summed E-state index contributed by atoms with van der Waals surface area (Å²) in [6.07, 6.45) is -9.91.